The molecule has 1 fully saturated rings. The standard InChI is InChI=1S/C22H27F2N3O3/c1-14(25-2)17-8-6-16(7-9-17)12-29-21-19(30-22(23)24)11-26-20(27-21)18(13-28-3)10-15-4-5-15/h6-9,11,13-15,22,25H,4-5,10,12H2,1-3H3/b18-13-. The van der Waals surface area contributed by atoms with E-state index in [1.165, 1.54) is 6.20 Å². The van der Waals surface area contributed by atoms with Crippen LogP contribution in [0.2, 0.25) is 0 Å². The van der Waals surface area contributed by atoms with Crippen LogP contribution in [0, 0.1) is 5.92 Å². The maximum absolute atomic E-state index is 12.8. The minimum absolute atomic E-state index is 0.0224. The van der Waals surface area contributed by atoms with Crippen LogP contribution in [-0.4, -0.2) is 30.7 Å². The van der Waals surface area contributed by atoms with Crippen molar-refractivity contribution in [3.63, 3.8) is 0 Å². The van der Waals surface area contributed by atoms with Crippen LogP contribution in [0.1, 0.15) is 49.2 Å². The zero-order valence-electron chi connectivity index (χ0n) is 17.4. The molecule has 8 heteroatoms. The highest BCUT2D eigenvalue weighted by molar-refractivity contribution is 5.60. The SMILES string of the molecule is CNC(C)c1ccc(COc2nc(/C(=C\OC)CC3CC3)ncc2OC(F)F)cc1. The van der Waals surface area contributed by atoms with E-state index in [4.69, 9.17) is 9.47 Å². The van der Waals surface area contributed by atoms with E-state index in [1.807, 2.05) is 31.3 Å². The van der Waals surface area contributed by atoms with Crippen molar-refractivity contribution in [1.29, 1.82) is 0 Å². The highest BCUT2D eigenvalue weighted by Crippen LogP contribution is 2.38. The molecular formula is C22H27F2N3O3. The van der Waals surface area contributed by atoms with Crippen molar-refractivity contribution >= 4 is 5.57 Å². The number of ether oxygens (including phenoxy) is 3. The number of methoxy groups -OCH3 is 1. The van der Waals surface area contributed by atoms with Crippen molar-refractivity contribution in [1.82, 2.24) is 15.3 Å². The van der Waals surface area contributed by atoms with E-state index in [1.54, 1.807) is 13.4 Å². The average molecular weight is 419 g/mol. The minimum atomic E-state index is -3.00. The summed E-state index contributed by atoms with van der Waals surface area (Å²) < 4.78 is 41.1. The van der Waals surface area contributed by atoms with E-state index in [0.29, 0.717) is 11.7 Å². The van der Waals surface area contributed by atoms with Gasteiger partial charge in [0.05, 0.1) is 19.6 Å². The first kappa shape index (κ1) is 22.0. The minimum Gasteiger partial charge on any atom is -0.504 e. The van der Waals surface area contributed by atoms with Crippen LogP contribution in [0.4, 0.5) is 8.78 Å². The van der Waals surface area contributed by atoms with E-state index in [9.17, 15) is 8.78 Å². The number of rotatable bonds is 11. The lowest BCUT2D eigenvalue weighted by molar-refractivity contribution is -0.0522. The van der Waals surface area contributed by atoms with Gasteiger partial charge in [-0.3, -0.25) is 0 Å². The Labute approximate surface area is 175 Å². The van der Waals surface area contributed by atoms with E-state index < -0.39 is 6.61 Å². The molecule has 1 unspecified atom stereocenters. The summed E-state index contributed by atoms with van der Waals surface area (Å²) in [6.07, 6.45) is 5.89. The first-order valence-corrected chi connectivity index (χ1v) is 9.93. The number of hydrogen-bond acceptors (Lipinski definition) is 6. The van der Waals surface area contributed by atoms with Gasteiger partial charge in [0.2, 0.25) is 5.75 Å². The van der Waals surface area contributed by atoms with Crippen LogP contribution in [0.5, 0.6) is 11.6 Å². The lowest BCUT2D eigenvalue weighted by Crippen LogP contribution is -2.12. The highest BCUT2D eigenvalue weighted by atomic mass is 19.3. The Morgan fingerprint density at radius 2 is 2.00 bits per heavy atom. The maximum Gasteiger partial charge on any atom is 0.387 e. The summed E-state index contributed by atoms with van der Waals surface area (Å²) in [7, 11) is 3.45. The molecule has 2 aromatic rings. The summed E-state index contributed by atoms with van der Waals surface area (Å²) in [6.45, 7) is -0.769. The van der Waals surface area contributed by atoms with E-state index >= 15 is 0 Å². The molecule has 3 rings (SSSR count). The van der Waals surface area contributed by atoms with E-state index in [0.717, 1.165) is 36.0 Å². The van der Waals surface area contributed by atoms with Crippen LogP contribution in [0.15, 0.2) is 36.7 Å². The second kappa shape index (κ2) is 10.3. The summed E-state index contributed by atoms with van der Waals surface area (Å²) in [4.78, 5) is 8.53. The highest BCUT2D eigenvalue weighted by Gasteiger charge is 2.25. The molecule has 0 bridgehead atoms. The lowest BCUT2D eigenvalue weighted by Gasteiger charge is -2.14. The Bertz CT molecular complexity index is 855. The third-order valence-electron chi connectivity index (χ3n) is 4.98. The summed E-state index contributed by atoms with van der Waals surface area (Å²) >= 11 is 0. The molecule has 0 amide bonds. The van der Waals surface area contributed by atoms with Crippen molar-refractivity contribution in [3.8, 4) is 11.6 Å². The third-order valence-corrected chi connectivity index (χ3v) is 4.98. The van der Waals surface area contributed by atoms with Gasteiger partial charge in [-0.2, -0.15) is 13.8 Å². The molecule has 1 aromatic heterocycles. The molecule has 6 nitrogen and oxygen atoms in total. The van der Waals surface area contributed by atoms with E-state index in [2.05, 4.69) is 26.9 Å². The van der Waals surface area contributed by atoms with Gasteiger partial charge in [0, 0.05) is 11.6 Å². The van der Waals surface area contributed by atoms with Crippen molar-refractivity contribution in [3.05, 3.63) is 53.7 Å². The summed E-state index contributed by atoms with van der Waals surface area (Å²) in [5.74, 6) is 0.747. The predicted molar refractivity (Wildman–Crippen MR) is 109 cm³/mol. The summed E-state index contributed by atoms with van der Waals surface area (Å²) in [5.41, 5.74) is 2.83. The van der Waals surface area contributed by atoms with Crippen LogP contribution in [0.25, 0.3) is 5.57 Å². The number of benzene rings is 1. The Morgan fingerprint density at radius 1 is 1.27 bits per heavy atom. The second-order valence-electron chi connectivity index (χ2n) is 7.31. The van der Waals surface area contributed by atoms with Crippen LogP contribution in [0.3, 0.4) is 0 Å². The molecule has 1 aromatic carbocycles. The maximum atomic E-state index is 12.8. The van der Waals surface area contributed by atoms with Gasteiger partial charge in [0.15, 0.2) is 5.82 Å². The molecule has 1 atom stereocenters. The quantitative estimate of drug-likeness (QED) is 0.532. The molecule has 1 N–H and O–H groups in total. The van der Waals surface area contributed by atoms with Gasteiger partial charge in [-0.1, -0.05) is 24.3 Å². The number of halogens is 2. The smallest absolute Gasteiger partial charge is 0.387 e. The molecule has 1 saturated carbocycles. The fraction of sp³-hybridized carbons (Fsp3) is 0.455. The van der Waals surface area contributed by atoms with Gasteiger partial charge < -0.3 is 19.5 Å². The van der Waals surface area contributed by atoms with Crippen molar-refractivity contribution in [2.75, 3.05) is 14.2 Å². The predicted octanol–water partition coefficient (Wildman–Crippen LogP) is 4.72. The largest absolute Gasteiger partial charge is 0.504 e. The normalized spacial score (nSPS) is 15.2. The number of nitrogens with one attached hydrogen (secondary N) is 1. The number of nitrogens with zero attached hydrogens (tertiary/aromatic N) is 2. The monoisotopic (exact) mass is 419 g/mol. The fourth-order valence-electron chi connectivity index (χ4n) is 2.98. The zero-order chi connectivity index (χ0) is 21.5. The lowest BCUT2D eigenvalue weighted by atomic mass is 10.1. The van der Waals surface area contributed by atoms with Gasteiger partial charge in [0.25, 0.3) is 5.88 Å². The van der Waals surface area contributed by atoms with Gasteiger partial charge >= 0.3 is 6.61 Å². The number of allylic oxidation sites excluding steroid dienone is 1. The molecule has 1 heterocycles. The van der Waals surface area contributed by atoms with Crippen LogP contribution in [-0.2, 0) is 11.3 Å². The van der Waals surface area contributed by atoms with Crippen molar-refractivity contribution in [2.24, 2.45) is 5.92 Å². The Hall–Kier alpha value is -2.74. The average Bonchev–Trinajstić information content (AvgIpc) is 3.56. The molecule has 0 aliphatic heterocycles. The summed E-state index contributed by atoms with van der Waals surface area (Å²) in [5, 5.41) is 3.18. The molecular weight excluding hydrogens is 392 g/mol. The number of aromatic nitrogens is 2. The number of hydrogen-bond donors (Lipinski definition) is 1. The Morgan fingerprint density at radius 3 is 2.60 bits per heavy atom. The zero-order valence-corrected chi connectivity index (χ0v) is 17.4. The van der Waals surface area contributed by atoms with Gasteiger partial charge in [-0.25, -0.2) is 4.98 Å². The van der Waals surface area contributed by atoms with Crippen LogP contribution >= 0.6 is 0 Å². The Balaban J connectivity index is 1.78. The van der Waals surface area contributed by atoms with Crippen LogP contribution < -0.4 is 14.8 Å². The van der Waals surface area contributed by atoms with Gasteiger partial charge in [0.1, 0.15) is 6.61 Å². The summed E-state index contributed by atoms with van der Waals surface area (Å²) in [6, 6.07) is 8.09. The van der Waals surface area contributed by atoms with Gasteiger partial charge in [-0.15, -0.1) is 0 Å². The number of alkyl halides is 2. The molecule has 0 radical (unpaired) electrons. The molecule has 30 heavy (non-hydrogen) atoms. The van der Waals surface area contributed by atoms with Gasteiger partial charge in [-0.05, 0) is 50.3 Å². The molecule has 162 valence electrons. The molecule has 1 aliphatic carbocycles. The van der Waals surface area contributed by atoms with Crippen molar-refractivity contribution in [2.45, 2.75) is 45.4 Å². The first-order chi connectivity index (χ1) is 14.5. The van der Waals surface area contributed by atoms with E-state index in [-0.39, 0.29) is 24.3 Å². The molecule has 1 aliphatic rings. The third kappa shape index (κ3) is 6.13. The second-order valence-corrected chi connectivity index (χ2v) is 7.31. The van der Waals surface area contributed by atoms with Crippen molar-refractivity contribution < 1.29 is 23.0 Å². The molecule has 0 saturated heterocycles. The Kier molecular flexibility index (Phi) is 7.57. The fourth-order valence-corrected chi connectivity index (χ4v) is 2.98. The first-order valence-electron chi connectivity index (χ1n) is 9.93. The molecule has 0 spiro atoms. The topological polar surface area (TPSA) is 65.5 Å².